The molecule has 0 amide bonds. The average molecular weight is 369 g/mol. The Balaban J connectivity index is 0.000000209. The van der Waals surface area contributed by atoms with Crippen molar-refractivity contribution in [3.63, 3.8) is 0 Å². The molecule has 3 aromatic carbocycles. The zero-order valence-corrected chi connectivity index (χ0v) is 15.0. The minimum atomic E-state index is -0.934. The van der Waals surface area contributed by atoms with E-state index in [1.807, 2.05) is 60.7 Å². The van der Waals surface area contributed by atoms with Crippen molar-refractivity contribution in [1.29, 1.82) is 0 Å². The standard InChI is InChI=1S/C15H16O.C7H5ClO2/c16-15(11-13-7-3-1-4-8-13)12-14-9-5-2-6-10-14;8-6-3-1-5(2-4-6)7(9)10/h1-10,15-16H,11-12H2;1-4H,(H,9,10). The van der Waals surface area contributed by atoms with Gasteiger partial charge in [0.2, 0.25) is 0 Å². The van der Waals surface area contributed by atoms with Crippen molar-refractivity contribution in [1.82, 2.24) is 0 Å². The maximum atomic E-state index is 10.3. The van der Waals surface area contributed by atoms with E-state index in [0.717, 1.165) is 12.8 Å². The number of halogens is 1. The monoisotopic (exact) mass is 368 g/mol. The van der Waals surface area contributed by atoms with Gasteiger partial charge in [0.05, 0.1) is 11.7 Å². The molecule has 0 radical (unpaired) electrons. The number of aliphatic hydroxyl groups excluding tert-OH is 1. The number of carbonyl (C=O) groups is 1. The molecule has 4 heteroatoms. The first kappa shape index (κ1) is 19.7. The van der Waals surface area contributed by atoms with Gasteiger partial charge in [-0.25, -0.2) is 4.79 Å². The second kappa shape index (κ2) is 10.4. The highest BCUT2D eigenvalue weighted by Gasteiger charge is 2.06. The van der Waals surface area contributed by atoms with Gasteiger partial charge in [0, 0.05) is 5.02 Å². The third-order valence-corrected chi connectivity index (χ3v) is 3.97. The molecule has 3 rings (SSSR count). The molecule has 0 aliphatic heterocycles. The van der Waals surface area contributed by atoms with Crippen molar-refractivity contribution in [3.05, 3.63) is 107 Å². The lowest BCUT2D eigenvalue weighted by atomic mass is 10.0. The molecule has 0 heterocycles. The van der Waals surface area contributed by atoms with E-state index >= 15 is 0 Å². The van der Waals surface area contributed by atoms with Gasteiger partial charge in [-0.2, -0.15) is 0 Å². The molecule has 0 spiro atoms. The van der Waals surface area contributed by atoms with Crippen molar-refractivity contribution in [3.8, 4) is 0 Å². The molecule has 0 aliphatic carbocycles. The van der Waals surface area contributed by atoms with Gasteiger partial charge in [0.1, 0.15) is 0 Å². The van der Waals surface area contributed by atoms with Crippen LogP contribution in [0.1, 0.15) is 21.5 Å². The first-order valence-corrected chi connectivity index (χ1v) is 8.67. The Morgan fingerprint density at radius 3 is 1.58 bits per heavy atom. The third kappa shape index (κ3) is 7.09. The summed E-state index contributed by atoms with van der Waals surface area (Å²) in [5, 5.41) is 18.9. The fourth-order valence-corrected chi connectivity index (χ4v) is 2.56. The molecular weight excluding hydrogens is 348 g/mol. The van der Waals surface area contributed by atoms with Crippen molar-refractivity contribution in [2.24, 2.45) is 0 Å². The maximum absolute atomic E-state index is 10.3. The number of benzene rings is 3. The molecule has 0 bridgehead atoms. The van der Waals surface area contributed by atoms with Gasteiger partial charge in [0.15, 0.2) is 0 Å². The van der Waals surface area contributed by atoms with Crippen LogP contribution in [0.3, 0.4) is 0 Å². The molecular formula is C22H21ClO3. The zero-order chi connectivity index (χ0) is 18.8. The summed E-state index contributed by atoms with van der Waals surface area (Å²) in [6.45, 7) is 0. The number of hydrogen-bond donors (Lipinski definition) is 2. The molecule has 3 aromatic rings. The molecule has 134 valence electrons. The van der Waals surface area contributed by atoms with E-state index in [0.29, 0.717) is 5.02 Å². The fourth-order valence-electron chi connectivity index (χ4n) is 2.44. The van der Waals surface area contributed by atoms with Crippen LogP contribution in [0.25, 0.3) is 0 Å². The number of aliphatic hydroxyl groups is 1. The van der Waals surface area contributed by atoms with E-state index in [1.165, 1.54) is 23.3 Å². The summed E-state index contributed by atoms with van der Waals surface area (Å²) in [6, 6.07) is 26.2. The van der Waals surface area contributed by atoms with Gasteiger partial charge in [-0.15, -0.1) is 0 Å². The Hall–Kier alpha value is -2.62. The Labute approximate surface area is 158 Å². The van der Waals surface area contributed by atoms with Gasteiger partial charge >= 0.3 is 5.97 Å². The molecule has 0 saturated heterocycles. The van der Waals surface area contributed by atoms with E-state index in [-0.39, 0.29) is 11.7 Å². The predicted molar refractivity (Wildman–Crippen MR) is 105 cm³/mol. The van der Waals surface area contributed by atoms with Crippen LogP contribution in [0.5, 0.6) is 0 Å². The van der Waals surface area contributed by atoms with Crippen LogP contribution >= 0.6 is 11.6 Å². The summed E-state index contributed by atoms with van der Waals surface area (Å²) in [6.07, 6.45) is 1.13. The van der Waals surface area contributed by atoms with Crippen molar-refractivity contribution >= 4 is 17.6 Å². The van der Waals surface area contributed by atoms with Gasteiger partial charge in [0.25, 0.3) is 0 Å². The minimum Gasteiger partial charge on any atom is -0.478 e. The van der Waals surface area contributed by atoms with Gasteiger partial charge in [-0.1, -0.05) is 72.3 Å². The Morgan fingerprint density at radius 1 is 0.769 bits per heavy atom. The second-order valence-electron chi connectivity index (χ2n) is 5.85. The highest BCUT2D eigenvalue weighted by Crippen LogP contribution is 2.09. The molecule has 0 atom stereocenters. The SMILES string of the molecule is O=C(O)c1ccc(Cl)cc1.OC(Cc1ccccc1)Cc1ccccc1. The van der Waals surface area contributed by atoms with Crippen LogP contribution in [0.2, 0.25) is 5.02 Å². The van der Waals surface area contributed by atoms with Crippen LogP contribution in [0.15, 0.2) is 84.9 Å². The Bertz CT molecular complexity index is 745. The third-order valence-electron chi connectivity index (χ3n) is 3.72. The van der Waals surface area contributed by atoms with Crippen LogP contribution in [-0.2, 0) is 12.8 Å². The number of carboxylic acid groups (broad SMARTS) is 1. The number of hydrogen-bond acceptors (Lipinski definition) is 2. The number of rotatable bonds is 5. The molecule has 0 aromatic heterocycles. The van der Waals surface area contributed by atoms with Gasteiger partial charge in [-0.3, -0.25) is 0 Å². The lowest BCUT2D eigenvalue weighted by Crippen LogP contribution is -2.13. The molecule has 3 nitrogen and oxygen atoms in total. The van der Waals surface area contributed by atoms with Crippen molar-refractivity contribution in [2.45, 2.75) is 18.9 Å². The van der Waals surface area contributed by atoms with E-state index in [1.54, 1.807) is 12.1 Å². The first-order chi connectivity index (χ1) is 12.5. The molecule has 0 fully saturated rings. The summed E-state index contributed by atoms with van der Waals surface area (Å²) in [5.74, 6) is -0.934. The molecule has 0 unspecified atom stereocenters. The van der Waals surface area contributed by atoms with E-state index < -0.39 is 5.97 Å². The van der Waals surface area contributed by atoms with Crippen molar-refractivity contribution in [2.75, 3.05) is 0 Å². The number of aromatic carboxylic acids is 1. The quantitative estimate of drug-likeness (QED) is 0.675. The van der Waals surface area contributed by atoms with E-state index in [9.17, 15) is 9.90 Å². The van der Waals surface area contributed by atoms with Crippen LogP contribution in [0.4, 0.5) is 0 Å². The average Bonchev–Trinajstić information content (AvgIpc) is 2.64. The lowest BCUT2D eigenvalue weighted by Gasteiger charge is -2.10. The normalized spacial score (nSPS) is 10.1. The molecule has 0 saturated carbocycles. The molecule has 0 aliphatic rings. The second-order valence-corrected chi connectivity index (χ2v) is 6.28. The van der Waals surface area contributed by atoms with E-state index in [4.69, 9.17) is 16.7 Å². The van der Waals surface area contributed by atoms with Crippen LogP contribution in [0, 0.1) is 0 Å². The van der Waals surface area contributed by atoms with Crippen molar-refractivity contribution < 1.29 is 15.0 Å². The maximum Gasteiger partial charge on any atom is 0.335 e. The summed E-state index contributed by atoms with van der Waals surface area (Å²) in [5.41, 5.74) is 2.63. The zero-order valence-electron chi connectivity index (χ0n) is 14.3. The summed E-state index contributed by atoms with van der Waals surface area (Å²) in [4.78, 5) is 10.3. The Kier molecular flexibility index (Phi) is 7.87. The van der Waals surface area contributed by atoms with E-state index in [2.05, 4.69) is 0 Å². The molecule has 26 heavy (non-hydrogen) atoms. The summed E-state index contributed by atoms with van der Waals surface area (Å²) < 4.78 is 0. The van der Waals surface area contributed by atoms with Crippen LogP contribution in [-0.4, -0.2) is 22.3 Å². The summed E-state index contributed by atoms with van der Waals surface area (Å²) >= 11 is 5.52. The fraction of sp³-hybridized carbons (Fsp3) is 0.136. The van der Waals surface area contributed by atoms with Gasteiger partial charge < -0.3 is 10.2 Å². The first-order valence-electron chi connectivity index (χ1n) is 8.29. The Morgan fingerprint density at radius 2 is 1.19 bits per heavy atom. The smallest absolute Gasteiger partial charge is 0.335 e. The summed E-state index contributed by atoms with van der Waals surface area (Å²) in [7, 11) is 0. The number of carboxylic acids is 1. The highest BCUT2D eigenvalue weighted by molar-refractivity contribution is 6.30. The largest absolute Gasteiger partial charge is 0.478 e. The highest BCUT2D eigenvalue weighted by atomic mass is 35.5. The molecule has 2 N–H and O–H groups in total. The van der Waals surface area contributed by atoms with Crippen LogP contribution < -0.4 is 0 Å². The topological polar surface area (TPSA) is 57.5 Å². The minimum absolute atomic E-state index is 0.254. The van der Waals surface area contributed by atoms with Gasteiger partial charge in [-0.05, 0) is 48.2 Å². The predicted octanol–water partition coefficient (Wildman–Crippen LogP) is 4.87. The lowest BCUT2D eigenvalue weighted by molar-refractivity contribution is 0.0697.